The van der Waals surface area contributed by atoms with Crippen molar-refractivity contribution in [3.05, 3.63) is 17.5 Å². The van der Waals surface area contributed by atoms with Gasteiger partial charge in [-0.15, -0.1) is 0 Å². The van der Waals surface area contributed by atoms with E-state index in [2.05, 4.69) is 21.3 Å². The number of H-pyrrole nitrogens is 1. The maximum absolute atomic E-state index is 6.07. The lowest BCUT2D eigenvalue weighted by molar-refractivity contribution is -0.0947. The van der Waals surface area contributed by atoms with Crippen molar-refractivity contribution < 1.29 is 9.47 Å². The Morgan fingerprint density at radius 2 is 2.04 bits per heavy atom. The number of methoxy groups -OCH3 is 2. The number of hydrogen-bond donors (Lipinski definition) is 1. The Hall–Kier alpha value is -0.910. The van der Waals surface area contributed by atoms with Gasteiger partial charge < -0.3 is 9.47 Å². The van der Waals surface area contributed by atoms with Gasteiger partial charge >= 0.3 is 0 Å². The van der Waals surface area contributed by atoms with E-state index in [1.54, 1.807) is 0 Å². The SMILES string of the molecule is CO[C@@H]1CC[C@@]2(OC)CCN(Cc3cn[nH]c3C3CCCCC3)[C@H]2C1. The standard InChI is InChI=1S/C20H33N3O2/c1-24-17-8-9-20(25-2)10-11-23(18(20)12-17)14-16-13-21-22-19(16)15-6-4-3-5-7-15/h13,15,17-18H,3-12,14H2,1-2H3,(H,21,22)/t17-,18+,20-/m1/s1. The third-order valence-corrected chi connectivity index (χ3v) is 7.12. The fourth-order valence-corrected chi connectivity index (χ4v) is 5.57. The van der Waals surface area contributed by atoms with Crippen LogP contribution in [-0.2, 0) is 16.0 Å². The van der Waals surface area contributed by atoms with Crippen LogP contribution in [0, 0.1) is 0 Å². The van der Waals surface area contributed by atoms with E-state index in [1.807, 2.05) is 14.2 Å². The Morgan fingerprint density at radius 1 is 1.20 bits per heavy atom. The molecule has 5 nitrogen and oxygen atoms in total. The lowest BCUT2D eigenvalue weighted by Crippen LogP contribution is -2.51. The number of aromatic nitrogens is 2. The van der Waals surface area contributed by atoms with Crippen molar-refractivity contribution >= 4 is 0 Å². The van der Waals surface area contributed by atoms with Gasteiger partial charge in [-0.05, 0) is 38.5 Å². The van der Waals surface area contributed by atoms with Gasteiger partial charge in [-0.2, -0.15) is 5.10 Å². The van der Waals surface area contributed by atoms with Gasteiger partial charge in [-0.25, -0.2) is 0 Å². The Morgan fingerprint density at radius 3 is 2.80 bits per heavy atom. The summed E-state index contributed by atoms with van der Waals surface area (Å²) in [5.74, 6) is 0.680. The third kappa shape index (κ3) is 3.26. The second-order valence-corrected chi connectivity index (χ2v) is 8.28. The zero-order chi connectivity index (χ0) is 17.3. The van der Waals surface area contributed by atoms with Crippen LogP contribution in [0.25, 0.3) is 0 Å². The summed E-state index contributed by atoms with van der Waals surface area (Å²) >= 11 is 0. The van der Waals surface area contributed by atoms with Crippen LogP contribution < -0.4 is 0 Å². The van der Waals surface area contributed by atoms with Crippen LogP contribution in [-0.4, -0.2) is 53.6 Å². The van der Waals surface area contributed by atoms with Gasteiger partial charge in [0.15, 0.2) is 0 Å². The van der Waals surface area contributed by atoms with E-state index >= 15 is 0 Å². The molecule has 25 heavy (non-hydrogen) atoms. The molecule has 1 N–H and O–H groups in total. The monoisotopic (exact) mass is 347 g/mol. The Bertz CT molecular complexity index is 569. The summed E-state index contributed by atoms with van der Waals surface area (Å²) in [5.41, 5.74) is 2.83. The summed E-state index contributed by atoms with van der Waals surface area (Å²) in [7, 11) is 3.75. The first-order valence-corrected chi connectivity index (χ1v) is 10.1. The number of nitrogens with zero attached hydrogens (tertiary/aromatic N) is 2. The molecule has 4 rings (SSSR count). The lowest BCUT2D eigenvalue weighted by Gasteiger charge is -2.43. The van der Waals surface area contributed by atoms with Crippen molar-refractivity contribution in [3.8, 4) is 0 Å². The van der Waals surface area contributed by atoms with E-state index in [-0.39, 0.29) is 5.60 Å². The van der Waals surface area contributed by atoms with Crippen molar-refractivity contribution in [1.29, 1.82) is 0 Å². The van der Waals surface area contributed by atoms with Gasteiger partial charge in [-0.3, -0.25) is 10.00 Å². The van der Waals surface area contributed by atoms with E-state index in [4.69, 9.17) is 9.47 Å². The van der Waals surface area contributed by atoms with Gasteiger partial charge in [0.1, 0.15) is 0 Å². The molecule has 2 heterocycles. The first-order valence-electron chi connectivity index (χ1n) is 10.1. The van der Waals surface area contributed by atoms with Crippen molar-refractivity contribution in [2.75, 3.05) is 20.8 Å². The zero-order valence-corrected chi connectivity index (χ0v) is 15.8. The molecule has 0 bridgehead atoms. The van der Waals surface area contributed by atoms with E-state index < -0.39 is 0 Å². The summed E-state index contributed by atoms with van der Waals surface area (Å²) in [6.45, 7) is 2.11. The first kappa shape index (κ1) is 17.5. The van der Waals surface area contributed by atoms with Gasteiger partial charge in [0, 0.05) is 50.5 Å². The normalized spacial score (nSPS) is 34.3. The van der Waals surface area contributed by atoms with Crippen molar-refractivity contribution in [1.82, 2.24) is 15.1 Å². The molecular formula is C20H33N3O2. The number of ether oxygens (including phenoxy) is 2. The molecule has 0 aromatic carbocycles. The van der Waals surface area contributed by atoms with Crippen LogP contribution in [0.3, 0.4) is 0 Å². The molecule has 5 heteroatoms. The smallest absolute Gasteiger partial charge is 0.0847 e. The Labute approximate surface area is 151 Å². The average Bonchev–Trinajstić information content (AvgIpc) is 3.28. The molecule has 0 amide bonds. The number of hydrogen-bond acceptors (Lipinski definition) is 4. The summed E-state index contributed by atoms with van der Waals surface area (Å²) in [4.78, 5) is 2.63. The molecule has 2 saturated carbocycles. The number of likely N-dealkylation sites (tertiary alicyclic amines) is 1. The van der Waals surface area contributed by atoms with E-state index in [9.17, 15) is 0 Å². The minimum atomic E-state index is 0.0315. The highest BCUT2D eigenvalue weighted by atomic mass is 16.5. The second-order valence-electron chi connectivity index (χ2n) is 8.28. The molecule has 1 saturated heterocycles. The highest BCUT2D eigenvalue weighted by Crippen LogP contribution is 2.44. The van der Waals surface area contributed by atoms with Gasteiger partial charge in [0.25, 0.3) is 0 Å². The minimum absolute atomic E-state index is 0.0315. The minimum Gasteiger partial charge on any atom is -0.381 e. The molecule has 1 aromatic heterocycles. The van der Waals surface area contributed by atoms with Crippen LogP contribution in [0.4, 0.5) is 0 Å². The van der Waals surface area contributed by atoms with Gasteiger partial charge in [0.2, 0.25) is 0 Å². The van der Waals surface area contributed by atoms with Crippen LogP contribution >= 0.6 is 0 Å². The number of rotatable bonds is 5. The maximum atomic E-state index is 6.07. The molecule has 3 atom stereocenters. The van der Waals surface area contributed by atoms with E-state index in [0.717, 1.165) is 38.8 Å². The van der Waals surface area contributed by atoms with Crippen molar-refractivity contribution in [2.45, 2.75) is 88.0 Å². The van der Waals surface area contributed by atoms with E-state index in [1.165, 1.54) is 43.4 Å². The van der Waals surface area contributed by atoms with E-state index in [0.29, 0.717) is 18.1 Å². The molecule has 3 fully saturated rings. The predicted octanol–water partition coefficient (Wildman–Crippen LogP) is 3.62. The zero-order valence-electron chi connectivity index (χ0n) is 15.8. The highest BCUT2D eigenvalue weighted by Gasteiger charge is 2.51. The highest BCUT2D eigenvalue weighted by molar-refractivity contribution is 5.22. The molecule has 0 radical (unpaired) electrons. The van der Waals surface area contributed by atoms with Crippen LogP contribution in [0.5, 0.6) is 0 Å². The third-order valence-electron chi connectivity index (χ3n) is 7.12. The summed E-state index contributed by atoms with van der Waals surface area (Å²) in [6.07, 6.45) is 13.6. The van der Waals surface area contributed by atoms with Crippen LogP contribution in [0.15, 0.2) is 6.20 Å². The molecule has 1 aromatic rings. The predicted molar refractivity (Wildman–Crippen MR) is 97.6 cm³/mol. The van der Waals surface area contributed by atoms with Crippen molar-refractivity contribution in [2.24, 2.45) is 0 Å². The fraction of sp³-hybridized carbons (Fsp3) is 0.850. The van der Waals surface area contributed by atoms with Gasteiger partial charge in [-0.1, -0.05) is 19.3 Å². The molecule has 3 aliphatic rings. The Kier molecular flexibility index (Phi) is 5.16. The quantitative estimate of drug-likeness (QED) is 0.884. The van der Waals surface area contributed by atoms with Crippen LogP contribution in [0.2, 0.25) is 0 Å². The summed E-state index contributed by atoms with van der Waals surface area (Å²) in [5, 5.41) is 7.74. The molecule has 1 aliphatic heterocycles. The number of aromatic amines is 1. The van der Waals surface area contributed by atoms with Crippen molar-refractivity contribution in [3.63, 3.8) is 0 Å². The second kappa shape index (κ2) is 7.37. The topological polar surface area (TPSA) is 50.4 Å². The first-order chi connectivity index (χ1) is 12.3. The average molecular weight is 348 g/mol. The molecular weight excluding hydrogens is 314 g/mol. The largest absolute Gasteiger partial charge is 0.381 e. The number of nitrogens with one attached hydrogen (secondary N) is 1. The molecule has 0 spiro atoms. The lowest BCUT2D eigenvalue weighted by atomic mass is 9.79. The Balaban J connectivity index is 1.50. The molecule has 2 aliphatic carbocycles. The molecule has 140 valence electrons. The van der Waals surface area contributed by atoms with Crippen LogP contribution in [0.1, 0.15) is 75.0 Å². The number of fused-ring (bicyclic) bond motifs is 1. The maximum Gasteiger partial charge on any atom is 0.0847 e. The molecule has 0 unspecified atom stereocenters. The van der Waals surface area contributed by atoms with Gasteiger partial charge in [0.05, 0.1) is 17.9 Å². The summed E-state index contributed by atoms with van der Waals surface area (Å²) in [6, 6.07) is 0.463. The summed E-state index contributed by atoms with van der Waals surface area (Å²) < 4.78 is 11.8. The fourth-order valence-electron chi connectivity index (χ4n) is 5.57.